The van der Waals surface area contributed by atoms with Crippen LogP contribution in [0.2, 0.25) is 0 Å². The Hall–Kier alpha value is -3.07. The molecule has 0 bridgehead atoms. The van der Waals surface area contributed by atoms with E-state index in [1.165, 1.54) is 4.63 Å². The predicted molar refractivity (Wildman–Crippen MR) is 108 cm³/mol. The van der Waals surface area contributed by atoms with Crippen LogP contribution in [0.15, 0.2) is 53.0 Å². The van der Waals surface area contributed by atoms with Crippen molar-refractivity contribution in [3.63, 3.8) is 0 Å². The van der Waals surface area contributed by atoms with Gasteiger partial charge in [-0.3, -0.25) is 4.79 Å². The summed E-state index contributed by atoms with van der Waals surface area (Å²) in [5.41, 5.74) is 1.34. The van der Waals surface area contributed by atoms with E-state index >= 15 is 0 Å². The summed E-state index contributed by atoms with van der Waals surface area (Å²) in [4.78, 5) is 16.9. The number of anilines is 1. The molecule has 5 rings (SSSR count). The summed E-state index contributed by atoms with van der Waals surface area (Å²) < 4.78 is 2.37. The van der Waals surface area contributed by atoms with Crippen LogP contribution in [0.1, 0.15) is 10.4 Å². The van der Waals surface area contributed by atoms with Crippen molar-refractivity contribution in [3.8, 4) is 0 Å². The Morgan fingerprint density at radius 2 is 1.75 bits per heavy atom. The summed E-state index contributed by atoms with van der Waals surface area (Å²) >= 11 is 3.43. The molecule has 0 spiro atoms. The van der Waals surface area contributed by atoms with Gasteiger partial charge in [-0.2, -0.15) is 0 Å². The van der Waals surface area contributed by atoms with Gasteiger partial charge in [-0.25, -0.2) is 0 Å². The standard InChI is InChI=1S/C19H16BrN7O/c20-14-5-3-4-13(12-14)19(28)26-10-8-25(9-11-26)18-16-7-2-1-6-15(16)17-21-23-24-27(17)22-18/h1-7,12H,8-11H2. The van der Waals surface area contributed by atoms with E-state index in [4.69, 9.17) is 0 Å². The summed E-state index contributed by atoms with van der Waals surface area (Å²) in [5.74, 6) is 0.889. The molecule has 0 aliphatic carbocycles. The number of tetrazole rings is 1. The fraction of sp³-hybridized carbons (Fsp3) is 0.211. The minimum absolute atomic E-state index is 0.0506. The molecule has 8 nitrogen and oxygen atoms in total. The van der Waals surface area contributed by atoms with Crippen LogP contribution in [-0.2, 0) is 0 Å². The number of carbonyl (C=O) groups is 1. The third kappa shape index (κ3) is 2.88. The molecule has 0 N–H and O–H groups in total. The number of hydrogen-bond donors (Lipinski definition) is 0. The highest BCUT2D eigenvalue weighted by Crippen LogP contribution is 2.27. The number of rotatable bonds is 2. The first kappa shape index (κ1) is 17.1. The Kier molecular flexibility index (Phi) is 4.16. The lowest BCUT2D eigenvalue weighted by Gasteiger charge is -2.35. The zero-order valence-electron chi connectivity index (χ0n) is 14.9. The maximum atomic E-state index is 12.8. The monoisotopic (exact) mass is 437 g/mol. The second kappa shape index (κ2) is 6.83. The summed E-state index contributed by atoms with van der Waals surface area (Å²) in [6, 6.07) is 15.5. The first-order chi connectivity index (χ1) is 13.7. The average molecular weight is 438 g/mol. The molecule has 0 unspecified atom stereocenters. The Bertz CT molecular complexity index is 1180. The zero-order chi connectivity index (χ0) is 19.1. The van der Waals surface area contributed by atoms with Crippen molar-refractivity contribution in [2.24, 2.45) is 0 Å². The first-order valence-electron chi connectivity index (χ1n) is 8.97. The van der Waals surface area contributed by atoms with Crippen LogP contribution in [0.4, 0.5) is 5.82 Å². The van der Waals surface area contributed by atoms with E-state index < -0.39 is 0 Å². The molecular formula is C19H16BrN7O. The summed E-state index contributed by atoms with van der Waals surface area (Å²) in [7, 11) is 0. The third-order valence-corrected chi connectivity index (χ3v) is 5.48. The van der Waals surface area contributed by atoms with Gasteiger partial charge in [0.15, 0.2) is 5.82 Å². The van der Waals surface area contributed by atoms with Crippen LogP contribution in [0.3, 0.4) is 0 Å². The largest absolute Gasteiger partial charge is 0.351 e. The lowest BCUT2D eigenvalue weighted by Crippen LogP contribution is -2.49. The number of aromatic nitrogens is 5. The quantitative estimate of drug-likeness (QED) is 0.478. The Morgan fingerprint density at radius 1 is 0.964 bits per heavy atom. The molecule has 0 radical (unpaired) electrons. The first-order valence-corrected chi connectivity index (χ1v) is 9.77. The highest BCUT2D eigenvalue weighted by molar-refractivity contribution is 9.10. The fourth-order valence-corrected chi connectivity index (χ4v) is 3.99. The molecule has 1 amide bonds. The molecule has 28 heavy (non-hydrogen) atoms. The van der Waals surface area contributed by atoms with Gasteiger partial charge in [0, 0.05) is 47.0 Å². The lowest BCUT2D eigenvalue weighted by atomic mass is 10.1. The topological polar surface area (TPSA) is 79.5 Å². The van der Waals surface area contributed by atoms with Crippen molar-refractivity contribution < 1.29 is 4.79 Å². The molecule has 140 valence electrons. The van der Waals surface area contributed by atoms with E-state index in [2.05, 4.69) is 41.5 Å². The average Bonchev–Trinajstić information content (AvgIpc) is 3.22. The van der Waals surface area contributed by atoms with Crippen LogP contribution in [-0.4, -0.2) is 62.2 Å². The molecule has 1 fully saturated rings. The van der Waals surface area contributed by atoms with Crippen molar-refractivity contribution in [2.75, 3.05) is 31.1 Å². The van der Waals surface area contributed by atoms with Gasteiger partial charge in [-0.05, 0) is 28.6 Å². The van der Waals surface area contributed by atoms with Crippen LogP contribution < -0.4 is 4.90 Å². The minimum Gasteiger partial charge on any atom is -0.351 e. The molecule has 3 heterocycles. The van der Waals surface area contributed by atoms with E-state index in [0.29, 0.717) is 37.4 Å². The Labute approximate surface area is 168 Å². The highest BCUT2D eigenvalue weighted by atomic mass is 79.9. The number of piperazine rings is 1. The van der Waals surface area contributed by atoms with Crippen LogP contribution >= 0.6 is 15.9 Å². The predicted octanol–water partition coefficient (Wildman–Crippen LogP) is 2.40. The molecule has 9 heteroatoms. The van der Waals surface area contributed by atoms with Gasteiger partial charge in [-0.15, -0.1) is 14.8 Å². The maximum absolute atomic E-state index is 12.8. The molecule has 0 atom stereocenters. The fourth-order valence-electron chi connectivity index (χ4n) is 3.59. The van der Waals surface area contributed by atoms with Crippen LogP contribution in [0.5, 0.6) is 0 Å². The van der Waals surface area contributed by atoms with E-state index in [1.54, 1.807) is 0 Å². The Balaban J connectivity index is 1.42. The van der Waals surface area contributed by atoms with Gasteiger partial charge in [0.1, 0.15) is 0 Å². The molecule has 2 aromatic heterocycles. The minimum atomic E-state index is 0.0506. The molecule has 2 aromatic carbocycles. The number of hydrogen-bond acceptors (Lipinski definition) is 6. The lowest BCUT2D eigenvalue weighted by molar-refractivity contribution is 0.0746. The molecule has 4 aromatic rings. The smallest absolute Gasteiger partial charge is 0.254 e. The second-order valence-electron chi connectivity index (χ2n) is 6.65. The van der Waals surface area contributed by atoms with Crippen LogP contribution in [0, 0.1) is 0 Å². The van der Waals surface area contributed by atoms with Gasteiger partial charge >= 0.3 is 0 Å². The maximum Gasteiger partial charge on any atom is 0.254 e. The molecular weight excluding hydrogens is 422 g/mol. The van der Waals surface area contributed by atoms with Crippen molar-refractivity contribution in [1.82, 2.24) is 30.2 Å². The zero-order valence-corrected chi connectivity index (χ0v) is 16.4. The second-order valence-corrected chi connectivity index (χ2v) is 7.57. The van der Waals surface area contributed by atoms with E-state index in [-0.39, 0.29) is 5.91 Å². The summed E-state index contributed by atoms with van der Waals surface area (Å²) in [6.45, 7) is 2.67. The molecule has 1 aliphatic rings. The number of amides is 1. The molecule has 1 saturated heterocycles. The summed E-state index contributed by atoms with van der Waals surface area (Å²) in [6.07, 6.45) is 0. The van der Waals surface area contributed by atoms with E-state index in [0.717, 1.165) is 21.1 Å². The summed E-state index contributed by atoms with van der Waals surface area (Å²) in [5, 5.41) is 18.4. The van der Waals surface area contributed by atoms with E-state index in [1.807, 2.05) is 53.4 Å². The van der Waals surface area contributed by atoms with Gasteiger partial charge in [-0.1, -0.05) is 46.3 Å². The molecule has 0 saturated carbocycles. The van der Waals surface area contributed by atoms with Gasteiger partial charge < -0.3 is 9.80 Å². The van der Waals surface area contributed by atoms with Crippen LogP contribution in [0.25, 0.3) is 16.4 Å². The normalized spacial score (nSPS) is 14.8. The number of carbonyl (C=O) groups excluding carboxylic acids is 1. The van der Waals surface area contributed by atoms with Crippen molar-refractivity contribution >= 4 is 44.1 Å². The van der Waals surface area contributed by atoms with Crippen molar-refractivity contribution in [2.45, 2.75) is 0 Å². The van der Waals surface area contributed by atoms with Gasteiger partial charge in [0.2, 0.25) is 5.65 Å². The van der Waals surface area contributed by atoms with Crippen molar-refractivity contribution in [3.05, 3.63) is 58.6 Å². The van der Waals surface area contributed by atoms with Gasteiger partial charge in [0.25, 0.3) is 5.91 Å². The van der Waals surface area contributed by atoms with Gasteiger partial charge in [0.05, 0.1) is 0 Å². The number of halogens is 1. The van der Waals surface area contributed by atoms with Crippen molar-refractivity contribution in [1.29, 1.82) is 0 Å². The van der Waals surface area contributed by atoms with E-state index in [9.17, 15) is 4.79 Å². The molecule has 1 aliphatic heterocycles. The number of benzene rings is 2. The highest BCUT2D eigenvalue weighted by Gasteiger charge is 2.25. The Morgan fingerprint density at radius 3 is 2.54 bits per heavy atom. The SMILES string of the molecule is O=C(c1cccc(Br)c1)N1CCN(c2nn3nnnc3c3ccccc23)CC1. The number of fused-ring (bicyclic) bond motifs is 3. The number of nitrogens with zero attached hydrogens (tertiary/aromatic N) is 7. The third-order valence-electron chi connectivity index (χ3n) is 4.99.